The van der Waals surface area contributed by atoms with Gasteiger partial charge >= 0.3 is 0 Å². The van der Waals surface area contributed by atoms with Crippen molar-refractivity contribution < 1.29 is 4.74 Å². The van der Waals surface area contributed by atoms with Crippen LogP contribution in [-0.4, -0.2) is 23.1 Å². The van der Waals surface area contributed by atoms with Gasteiger partial charge in [-0.15, -0.1) is 0 Å². The van der Waals surface area contributed by atoms with Crippen molar-refractivity contribution in [1.29, 1.82) is 0 Å². The third kappa shape index (κ3) is 4.08. The first-order valence-corrected chi connectivity index (χ1v) is 7.40. The molecule has 1 aromatic rings. The Labute approximate surface area is 116 Å². The lowest BCUT2D eigenvalue weighted by atomic mass is 10.0. The Morgan fingerprint density at radius 3 is 2.68 bits per heavy atom. The molecule has 0 aromatic carbocycles. The monoisotopic (exact) mass is 263 g/mol. The van der Waals surface area contributed by atoms with E-state index in [1.807, 2.05) is 13.0 Å². The third-order valence-electron chi connectivity index (χ3n) is 3.64. The van der Waals surface area contributed by atoms with E-state index in [4.69, 9.17) is 4.74 Å². The Bertz CT molecular complexity index is 416. The quantitative estimate of drug-likeness (QED) is 0.779. The van der Waals surface area contributed by atoms with Crippen LogP contribution in [0.2, 0.25) is 0 Å². The van der Waals surface area contributed by atoms with Crippen molar-refractivity contribution in [1.82, 2.24) is 9.97 Å². The van der Waals surface area contributed by atoms with E-state index in [-0.39, 0.29) is 0 Å². The molecule has 0 saturated heterocycles. The van der Waals surface area contributed by atoms with Gasteiger partial charge in [-0.05, 0) is 38.0 Å². The van der Waals surface area contributed by atoms with E-state index in [9.17, 15) is 0 Å². The molecule has 0 aliphatic heterocycles. The first kappa shape index (κ1) is 14.1. The summed E-state index contributed by atoms with van der Waals surface area (Å²) in [4.78, 5) is 8.85. The van der Waals surface area contributed by atoms with Gasteiger partial charge in [-0.1, -0.05) is 20.3 Å². The van der Waals surface area contributed by atoms with Crippen molar-refractivity contribution in [2.45, 2.75) is 52.9 Å². The smallest absolute Gasteiger partial charge is 0.226 e. The topological polar surface area (TPSA) is 47.0 Å². The van der Waals surface area contributed by atoms with Crippen LogP contribution in [0.25, 0.3) is 0 Å². The zero-order chi connectivity index (χ0) is 13.7. The van der Waals surface area contributed by atoms with Crippen LogP contribution in [-0.2, 0) is 0 Å². The van der Waals surface area contributed by atoms with Gasteiger partial charge in [-0.2, -0.15) is 4.98 Å². The number of hydrogen-bond acceptors (Lipinski definition) is 4. The van der Waals surface area contributed by atoms with Crippen LogP contribution in [0.15, 0.2) is 6.07 Å². The molecule has 1 heterocycles. The molecule has 0 unspecified atom stereocenters. The van der Waals surface area contributed by atoms with Crippen LogP contribution in [0.1, 0.15) is 51.6 Å². The Morgan fingerprint density at radius 1 is 1.26 bits per heavy atom. The highest BCUT2D eigenvalue weighted by Crippen LogP contribution is 2.49. The number of aryl methyl sites for hydroxylation is 1. The SMILES string of the molecule is CCCOc1cc(C)nc(NCC2(CCC)CC2)n1. The van der Waals surface area contributed by atoms with Gasteiger partial charge in [0.2, 0.25) is 11.8 Å². The predicted molar refractivity (Wildman–Crippen MR) is 77.6 cm³/mol. The summed E-state index contributed by atoms with van der Waals surface area (Å²) in [5.41, 5.74) is 1.45. The zero-order valence-corrected chi connectivity index (χ0v) is 12.3. The summed E-state index contributed by atoms with van der Waals surface area (Å²) >= 11 is 0. The molecule has 0 radical (unpaired) electrons. The average molecular weight is 263 g/mol. The average Bonchev–Trinajstić information content (AvgIpc) is 3.14. The van der Waals surface area contributed by atoms with E-state index in [0.29, 0.717) is 23.9 Å². The maximum atomic E-state index is 5.58. The second-order valence-corrected chi connectivity index (χ2v) is 5.62. The van der Waals surface area contributed by atoms with Crippen LogP contribution in [0, 0.1) is 12.3 Å². The largest absolute Gasteiger partial charge is 0.478 e. The number of rotatable bonds is 8. The molecule has 2 rings (SSSR count). The van der Waals surface area contributed by atoms with Gasteiger partial charge in [-0.25, -0.2) is 4.98 Å². The zero-order valence-electron chi connectivity index (χ0n) is 12.3. The van der Waals surface area contributed by atoms with Crippen LogP contribution in [0.4, 0.5) is 5.95 Å². The van der Waals surface area contributed by atoms with Crippen molar-refractivity contribution in [3.8, 4) is 5.88 Å². The van der Waals surface area contributed by atoms with E-state index in [1.165, 1.54) is 25.7 Å². The number of ether oxygens (including phenoxy) is 1. The molecule has 1 N–H and O–H groups in total. The summed E-state index contributed by atoms with van der Waals surface area (Å²) in [5, 5.41) is 3.39. The van der Waals surface area contributed by atoms with Gasteiger partial charge in [0.15, 0.2) is 0 Å². The molecule has 0 bridgehead atoms. The third-order valence-corrected chi connectivity index (χ3v) is 3.64. The minimum absolute atomic E-state index is 0.506. The molecule has 106 valence electrons. The molecule has 1 aromatic heterocycles. The van der Waals surface area contributed by atoms with Crippen LogP contribution < -0.4 is 10.1 Å². The van der Waals surface area contributed by atoms with Gasteiger partial charge in [0.1, 0.15) is 0 Å². The van der Waals surface area contributed by atoms with Crippen molar-refractivity contribution in [2.75, 3.05) is 18.5 Å². The highest BCUT2D eigenvalue weighted by Gasteiger charge is 2.41. The van der Waals surface area contributed by atoms with Crippen LogP contribution in [0.5, 0.6) is 5.88 Å². The van der Waals surface area contributed by atoms with E-state index in [2.05, 4.69) is 29.1 Å². The number of nitrogens with one attached hydrogen (secondary N) is 1. The van der Waals surface area contributed by atoms with E-state index in [1.54, 1.807) is 0 Å². The van der Waals surface area contributed by atoms with Gasteiger partial charge in [0.05, 0.1) is 6.61 Å². The standard InChI is InChI=1S/C15H25N3O/c1-4-6-15(7-8-15)11-16-14-17-12(3)10-13(18-14)19-9-5-2/h10H,4-9,11H2,1-3H3,(H,16,17,18). The summed E-state index contributed by atoms with van der Waals surface area (Å²) in [5.74, 6) is 1.38. The Morgan fingerprint density at radius 2 is 2.05 bits per heavy atom. The molecule has 19 heavy (non-hydrogen) atoms. The van der Waals surface area contributed by atoms with Gasteiger partial charge in [0.25, 0.3) is 0 Å². The normalized spacial score (nSPS) is 16.2. The lowest BCUT2D eigenvalue weighted by molar-refractivity contribution is 0.304. The fourth-order valence-corrected chi connectivity index (χ4v) is 2.39. The van der Waals surface area contributed by atoms with Crippen molar-refractivity contribution in [3.05, 3.63) is 11.8 Å². The fraction of sp³-hybridized carbons (Fsp3) is 0.733. The predicted octanol–water partition coefficient (Wildman–Crippen LogP) is 3.57. The van der Waals surface area contributed by atoms with Crippen molar-refractivity contribution >= 4 is 5.95 Å². The van der Waals surface area contributed by atoms with Crippen molar-refractivity contribution in [2.24, 2.45) is 5.41 Å². The highest BCUT2D eigenvalue weighted by atomic mass is 16.5. The maximum absolute atomic E-state index is 5.58. The molecule has 1 saturated carbocycles. The molecule has 1 fully saturated rings. The number of aromatic nitrogens is 2. The molecule has 4 heteroatoms. The van der Waals surface area contributed by atoms with Crippen LogP contribution in [0.3, 0.4) is 0 Å². The summed E-state index contributed by atoms with van der Waals surface area (Å²) in [6, 6.07) is 1.89. The summed E-state index contributed by atoms with van der Waals surface area (Å²) in [6.45, 7) is 8.01. The van der Waals surface area contributed by atoms with Gasteiger partial charge in [-0.3, -0.25) is 0 Å². The Kier molecular flexibility index (Phi) is 4.61. The minimum atomic E-state index is 0.506. The Balaban J connectivity index is 1.94. The van der Waals surface area contributed by atoms with E-state index >= 15 is 0 Å². The molecule has 4 nitrogen and oxygen atoms in total. The maximum Gasteiger partial charge on any atom is 0.226 e. The summed E-state index contributed by atoms with van der Waals surface area (Å²) in [7, 11) is 0. The Hall–Kier alpha value is -1.32. The minimum Gasteiger partial charge on any atom is -0.478 e. The molecule has 1 aliphatic carbocycles. The van der Waals surface area contributed by atoms with Crippen LogP contribution >= 0.6 is 0 Å². The van der Waals surface area contributed by atoms with Gasteiger partial charge < -0.3 is 10.1 Å². The second-order valence-electron chi connectivity index (χ2n) is 5.62. The van der Waals surface area contributed by atoms with E-state index in [0.717, 1.165) is 18.7 Å². The van der Waals surface area contributed by atoms with E-state index < -0.39 is 0 Å². The number of hydrogen-bond donors (Lipinski definition) is 1. The first-order valence-electron chi connectivity index (χ1n) is 7.40. The molecule has 0 atom stereocenters. The lowest BCUT2D eigenvalue weighted by Gasteiger charge is -2.15. The molecule has 1 aliphatic rings. The first-order chi connectivity index (χ1) is 9.17. The lowest BCUT2D eigenvalue weighted by Crippen LogP contribution is -2.17. The highest BCUT2D eigenvalue weighted by molar-refractivity contribution is 5.31. The fourth-order valence-electron chi connectivity index (χ4n) is 2.39. The molecular weight excluding hydrogens is 238 g/mol. The van der Waals surface area contributed by atoms with Gasteiger partial charge in [0, 0.05) is 18.3 Å². The number of nitrogens with zero attached hydrogens (tertiary/aromatic N) is 2. The second kappa shape index (κ2) is 6.22. The summed E-state index contributed by atoms with van der Waals surface area (Å²) in [6.07, 6.45) is 6.20. The molecular formula is C15H25N3O. The molecule has 0 spiro atoms. The number of anilines is 1. The molecule has 0 amide bonds. The summed E-state index contributed by atoms with van der Waals surface area (Å²) < 4.78 is 5.58. The van der Waals surface area contributed by atoms with Crippen molar-refractivity contribution in [3.63, 3.8) is 0 Å².